The summed E-state index contributed by atoms with van der Waals surface area (Å²) in [6.45, 7) is 2.70. The molecule has 0 fully saturated rings. The summed E-state index contributed by atoms with van der Waals surface area (Å²) in [6.07, 6.45) is -5.04. The average Bonchev–Trinajstić information content (AvgIpc) is 2.46. The van der Waals surface area contributed by atoms with Crippen LogP contribution in [0.4, 0.5) is 18.9 Å². The molecule has 0 aliphatic carbocycles. The smallest absolute Gasteiger partial charge is 0.423 e. The third-order valence-corrected chi connectivity index (χ3v) is 2.90. The molecule has 0 saturated heterocycles. The zero-order chi connectivity index (χ0) is 18.5. The monoisotopic (exact) mass is 349 g/mol. The molecule has 0 heterocycles. The first-order chi connectivity index (χ1) is 11.1. The Labute approximate surface area is 134 Å². The van der Waals surface area contributed by atoms with Crippen molar-refractivity contribution in [3.63, 3.8) is 0 Å². The topological polar surface area (TPSA) is 95.7 Å². The van der Waals surface area contributed by atoms with E-state index < -0.39 is 45.8 Å². The molecule has 24 heavy (non-hydrogen) atoms. The molecule has 0 aliphatic rings. The van der Waals surface area contributed by atoms with Gasteiger partial charge >= 0.3 is 18.1 Å². The lowest BCUT2D eigenvalue weighted by Crippen LogP contribution is -2.26. The summed E-state index contributed by atoms with van der Waals surface area (Å²) in [5, 5.41) is 10.7. The lowest BCUT2D eigenvalue weighted by atomic mass is 9.96. The molecule has 132 valence electrons. The number of esters is 2. The van der Waals surface area contributed by atoms with Gasteiger partial charge in [-0.15, -0.1) is 0 Å². The van der Waals surface area contributed by atoms with Gasteiger partial charge < -0.3 is 9.47 Å². The number of nitro benzene ring substituents is 1. The molecule has 1 aromatic rings. The van der Waals surface area contributed by atoms with E-state index in [4.69, 9.17) is 0 Å². The van der Waals surface area contributed by atoms with E-state index in [9.17, 15) is 32.9 Å². The molecule has 1 rings (SSSR count). The van der Waals surface area contributed by atoms with Crippen molar-refractivity contribution in [3.8, 4) is 0 Å². The first kappa shape index (κ1) is 19.4. The molecule has 0 bridgehead atoms. The van der Waals surface area contributed by atoms with Crippen LogP contribution in [0.15, 0.2) is 18.2 Å². The molecule has 7 nitrogen and oxygen atoms in total. The first-order valence-electron chi connectivity index (χ1n) is 6.82. The quantitative estimate of drug-likeness (QED) is 0.339. The van der Waals surface area contributed by atoms with Gasteiger partial charge in [-0.1, -0.05) is 6.07 Å². The molecule has 0 radical (unpaired) electrons. The minimum atomic E-state index is -5.04. The van der Waals surface area contributed by atoms with E-state index in [1.54, 1.807) is 0 Å². The fraction of sp³-hybridized carbons (Fsp3) is 0.429. The first-order valence-corrected chi connectivity index (χ1v) is 6.82. The Morgan fingerprint density at radius 1 is 1.17 bits per heavy atom. The molecular formula is C14H14F3NO6. The van der Waals surface area contributed by atoms with E-state index in [1.807, 2.05) is 0 Å². The van der Waals surface area contributed by atoms with Gasteiger partial charge in [0.2, 0.25) is 0 Å². The van der Waals surface area contributed by atoms with Crippen LogP contribution in [0.3, 0.4) is 0 Å². The maximum Gasteiger partial charge on any atom is 0.423 e. The normalized spacial score (nSPS) is 11.2. The Morgan fingerprint density at radius 3 is 2.04 bits per heavy atom. The number of nitrogens with zero attached hydrogens (tertiary/aromatic N) is 1. The number of halogens is 3. The second-order valence-corrected chi connectivity index (χ2v) is 4.47. The molecule has 0 amide bonds. The highest BCUT2D eigenvalue weighted by Crippen LogP contribution is 2.38. The summed E-state index contributed by atoms with van der Waals surface area (Å²) in [5.74, 6) is -3.96. The molecule has 0 unspecified atom stereocenters. The number of alkyl halides is 3. The maximum absolute atomic E-state index is 13.0. The zero-order valence-electron chi connectivity index (χ0n) is 12.8. The number of hydrogen-bond donors (Lipinski definition) is 0. The van der Waals surface area contributed by atoms with Crippen molar-refractivity contribution >= 4 is 17.6 Å². The van der Waals surface area contributed by atoms with Gasteiger partial charge in [-0.25, -0.2) is 0 Å². The fourth-order valence-corrected chi connectivity index (χ4v) is 1.94. The largest absolute Gasteiger partial charge is 0.465 e. The molecule has 0 saturated carbocycles. The summed E-state index contributed by atoms with van der Waals surface area (Å²) in [5.41, 5.74) is -3.15. The van der Waals surface area contributed by atoms with Crippen molar-refractivity contribution in [2.75, 3.05) is 13.2 Å². The summed E-state index contributed by atoms with van der Waals surface area (Å²) in [7, 11) is 0. The minimum absolute atomic E-state index is 0.103. The van der Waals surface area contributed by atoms with Crippen molar-refractivity contribution in [2.45, 2.75) is 25.9 Å². The number of benzene rings is 1. The number of rotatable bonds is 6. The second kappa shape index (κ2) is 7.75. The summed E-state index contributed by atoms with van der Waals surface area (Å²) < 4.78 is 48.4. The van der Waals surface area contributed by atoms with Gasteiger partial charge in [0.15, 0.2) is 5.92 Å². The van der Waals surface area contributed by atoms with Crippen LogP contribution in [0.5, 0.6) is 0 Å². The van der Waals surface area contributed by atoms with Crippen molar-refractivity contribution in [2.24, 2.45) is 0 Å². The lowest BCUT2D eigenvalue weighted by Gasteiger charge is -2.16. The van der Waals surface area contributed by atoms with Gasteiger partial charge in [0, 0.05) is 6.07 Å². The van der Waals surface area contributed by atoms with Crippen LogP contribution in [0.2, 0.25) is 0 Å². The molecule has 10 heteroatoms. The third kappa shape index (κ3) is 4.43. The van der Waals surface area contributed by atoms with E-state index in [0.717, 1.165) is 6.07 Å². The van der Waals surface area contributed by atoms with Crippen molar-refractivity contribution in [1.82, 2.24) is 0 Å². The number of nitro groups is 1. The van der Waals surface area contributed by atoms with Crippen LogP contribution in [0.1, 0.15) is 30.9 Å². The Bertz CT molecular complexity index is 626. The summed E-state index contributed by atoms with van der Waals surface area (Å²) in [4.78, 5) is 33.3. The van der Waals surface area contributed by atoms with Gasteiger partial charge in [-0.2, -0.15) is 13.2 Å². The highest BCUT2D eigenvalue weighted by Gasteiger charge is 2.40. The lowest BCUT2D eigenvalue weighted by molar-refractivity contribution is -0.388. The van der Waals surface area contributed by atoms with Crippen LogP contribution in [0, 0.1) is 10.1 Å². The number of ether oxygens (including phenoxy) is 2. The van der Waals surface area contributed by atoms with Crippen LogP contribution in [0.25, 0.3) is 0 Å². The van der Waals surface area contributed by atoms with Gasteiger partial charge in [0.25, 0.3) is 5.69 Å². The number of carbonyl (C=O) groups excluding carboxylic acids is 2. The molecule has 0 N–H and O–H groups in total. The Balaban J connectivity index is 3.45. The third-order valence-electron chi connectivity index (χ3n) is 2.90. The molecule has 0 aliphatic heterocycles. The van der Waals surface area contributed by atoms with E-state index in [0.29, 0.717) is 12.1 Å². The van der Waals surface area contributed by atoms with Gasteiger partial charge in [-0.05, 0) is 25.5 Å². The molecule has 1 aromatic carbocycles. The van der Waals surface area contributed by atoms with Crippen LogP contribution in [-0.4, -0.2) is 30.1 Å². The number of hydrogen-bond acceptors (Lipinski definition) is 6. The SMILES string of the molecule is CCOC(=O)C(C(=O)OCC)c1ccc([N+](=O)[O-])c(C(F)(F)F)c1. The zero-order valence-corrected chi connectivity index (χ0v) is 12.8. The molecular weight excluding hydrogens is 335 g/mol. The van der Waals surface area contributed by atoms with Crippen molar-refractivity contribution in [1.29, 1.82) is 0 Å². The fourth-order valence-electron chi connectivity index (χ4n) is 1.94. The second-order valence-electron chi connectivity index (χ2n) is 4.47. The van der Waals surface area contributed by atoms with Gasteiger partial charge in [-0.3, -0.25) is 19.7 Å². The Hall–Kier alpha value is -2.65. The summed E-state index contributed by atoms with van der Waals surface area (Å²) >= 11 is 0. The highest BCUT2D eigenvalue weighted by atomic mass is 19.4. The Kier molecular flexibility index (Phi) is 6.27. The highest BCUT2D eigenvalue weighted by molar-refractivity contribution is 6.01. The average molecular weight is 349 g/mol. The standard InChI is InChI=1S/C14H14F3NO6/c1-3-23-12(19)11(13(20)24-4-2)8-5-6-10(18(21)22)9(7-8)14(15,16)17/h5-7,11H,3-4H2,1-2H3. The summed E-state index contributed by atoms with van der Waals surface area (Å²) in [6, 6.07) is 1.87. The van der Waals surface area contributed by atoms with Crippen LogP contribution in [-0.2, 0) is 25.2 Å². The van der Waals surface area contributed by atoms with E-state index in [2.05, 4.69) is 9.47 Å². The minimum Gasteiger partial charge on any atom is -0.465 e. The molecule has 0 aromatic heterocycles. The molecule has 0 atom stereocenters. The predicted molar refractivity (Wildman–Crippen MR) is 74.1 cm³/mol. The van der Waals surface area contributed by atoms with Crippen molar-refractivity contribution in [3.05, 3.63) is 39.4 Å². The van der Waals surface area contributed by atoms with E-state index in [1.165, 1.54) is 13.8 Å². The van der Waals surface area contributed by atoms with Crippen LogP contribution >= 0.6 is 0 Å². The predicted octanol–water partition coefficient (Wildman–Crippen LogP) is 2.82. The van der Waals surface area contributed by atoms with Crippen molar-refractivity contribution < 1.29 is 37.2 Å². The van der Waals surface area contributed by atoms with Gasteiger partial charge in [0.05, 0.1) is 18.1 Å². The van der Waals surface area contributed by atoms with Crippen LogP contribution < -0.4 is 0 Å². The van der Waals surface area contributed by atoms with E-state index >= 15 is 0 Å². The molecule has 0 spiro atoms. The van der Waals surface area contributed by atoms with Gasteiger partial charge in [0.1, 0.15) is 5.56 Å². The van der Waals surface area contributed by atoms with E-state index in [-0.39, 0.29) is 13.2 Å². The Morgan fingerprint density at radius 2 is 1.67 bits per heavy atom. The maximum atomic E-state index is 13.0. The number of carbonyl (C=O) groups is 2.